The number of carbonyl (C=O) groups is 1. The van der Waals surface area contributed by atoms with Crippen LogP contribution in [0.15, 0.2) is 18.2 Å². The Morgan fingerprint density at radius 3 is 2.82 bits per heavy atom. The first-order valence-corrected chi connectivity index (χ1v) is 10.8. The van der Waals surface area contributed by atoms with E-state index in [4.69, 9.17) is 9.84 Å². The van der Waals surface area contributed by atoms with Crippen LogP contribution in [0.25, 0.3) is 0 Å². The van der Waals surface area contributed by atoms with Gasteiger partial charge in [-0.25, -0.2) is 4.79 Å². The molecule has 1 saturated carbocycles. The molecule has 5 atom stereocenters. The third-order valence-corrected chi connectivity index (χ3v) is 6.67. The Balaban J connectivity index is 1.62. The number of aliphatic carboxylic acids is 1. The summed E-state index contributed by atoms with van der Waals surface area (Å²) in [6.07, 6.45) is 7.85. The molecule has 4 unspecified atom stereocenters. The zero-order valence-corrected chi connectivity index (χ0v) is 16.8. The summed E-state index contributed by atoms with van der Waals surface area (Å²) in [5, 5.41) is 29.8. The summed E-state index contributed by atoms with van der Waals surface area (Å²) in [4.78, 5) is 10.8. The van der Waals surface area contributed by atoms with E-state index in [0.29, 0.717) is 17.6 Å². The summed E-state index contributed by atoms with van der Waals surface area (Å²) < 4.78 is 5.50. The summed E-state index contributed by atoms with van der Waals surface area (Å²) in [6, 6.07) is 5.87. The number of hydrogen-bond acceptors (Lipinski definition) is 4. The Hall–Kier alpha value is -1.59. The Bertz CT molecular complexity index is 658. The lowest BCUT2D eigenvalue weighted by Crippen LogP contribution is -2.28. The van der Waals surface area contributed by atoms with Crippen LogP contribution >= 0.6 is 0 Å². The van der Waals surface area contributed by atoms with Crippen LogP contribution in [0.2, 0.25) is 0 Å². The fourth-order valence-electron chi connectivity index (χ4n) is 5.24. The molecule has 0 aromatic heterocycles. The number of rotatable bonds is 10. The predicted octanol–water partition coefficient (Wildman–Crippen LogP) is 3.58. The maximum atomic E-state index is 10.8. The van der Waals surface area contributed by atoms with Crippen molar-refractivity contribution in [1.29, 1.82) is 0 Å². The van der Waals surface area contributed by atoms with Crippen molar-refractivity contribution in [2.75, 3.05) is 6.61 Å². The summed E-state index contributed by atoms with van der Waals surface area (Å²) in [5.41, 5.74) is 2.32. The average Bonchev–Trinajstić information content (AvgIpc) is 2.97. The van der Waals surface area contributed by atoms with Gasteiger partial charge in [-0.15, -0.1) is 0 Å². The SMILES string of the molecule is CCCCC[C@@H](O)CCC1C(O)CC2Cc3c(cccc3OCC(=O)O)CC21. The first-order chi connectivity index (χ1) is 13.5. The van der Waals surface area contributed by atoms with E-state index >= 15 is 0 Å². The smallest absolute Gasteiger partial charge is 0.341 e. The van der Waals surface area contributed by atoms with E-state index in [-0.39, 0.29) is 24.7 Å². The van der Waals surface area contributed by atoms with Crippen molar-refractivity contribution in [3.8, 4) is 5.75 Å². The van der Waals surface area contributed by atoms with Crippen LogP contribution in [0.3, 0.4) is 0 Å². The Morgan fingerprint density at radius 1 is 1.25 bits per heavy atom. The van der Waals surface area contributed by atoms with Gasteiger partial charge < -0.3 is 20.1 Å². The van der Waals surface area contributed by atoms with Crippen LogP contribution < -0.4 is 4.74 Å². The molecule has 2 aliphatic carbocycles. The molecule has 0 spiro atoms. The number of aliphatic hydroxyl groups excluding tert-OH is 2. The zero-order chi connectivity index (χ0) is 20.1. The van der Waals surface area contributed by atoms with E-state index < -0.39 is 5.97 Å². The van der Waals surface area contributed by atoms with E-state index in [1.165, 1.54) is 5.56 Å². The van der Waals surface area contributed by atoms with Crippen molar-refractivity contribution in [3.05, 3.63) is 29.3 Å². The molecule has 0 amide bonds. The molecule has 156 valence electrons. The van der Waals surface area contributed by atoms with Crippen molar-refractivity contribution < 1.29 is 24.9 Å². The van der Waals surface area contributed by atoms with Gasteiger partial charge in [-0.1, -0.05) is 38.3 Å². The maximum absolute atomic E-state index is 10.8. The van der Waals surface area contributed by atoms with Gasteiger partial charge in [-0.3, -0.25) is 0 Å². The summed E-state index contributed by atoms with van der Waals surface area (Å²) >= 11 is 0. The van der Waals surface area contributed by atoms with Crippen molar-refractivity contribution >= 4 is 5.97 Å². The highest BCUT2D eigenvalue weighted by Gasteiger charge is 2.44. The van der Waals surface area contributed by atoms with E-state index in [9.17, 15) is 15.0 Å². The summed E-state index contributed by atoms with van der Waals surface area (Å²) in [5.74, 6) is 0.768. The fourth-order valence-corrected chi connectivity index (χ4v) is 5.24. The molecule has 0 radical (unpaired) electrons. The van der Waals surface area contributed by atoms with Gasteiger partial charge in [0, 0.05) is 0 Å². The Kier molecular flexibility index (Phi) is 7.36. The lowest BCUT2D eigenvalue weighted by atomic mass is 9.73. The first-order valence-electron chi connectivity index (χ1n) is 10.8. The molecule has 0 heterocycles. The van der Waals surface area contributed by atoms with Crippen molar-refractivity contribution in [2.24, 2.45) is 17.8 Å². The molecule has 3 N–H and O–H groups in total. The van der Waals surface area contributed by atoms with Crippen LogP contribution in [0.5, 0.6) is 5.75 Å². The van der Waals surface area contributed by atoms with Gasteiger partial charge in [0.15, 0.2) is 6.61 Å². The number of carboxylic acid groups (broad SMARTS) is 1. The molecule has 1 fully saturated rings. The van der Waals surface area contributed by atoms with Crippen LogP contribution in [-0.2, 0) is 17.6 Å². The van der Waals surface area contributed by atoms with Crippen molar-refractivity contribution in [1.82, 2.24) is 0 Å². The van der Waals surface area contributed by atoms with Gasteiger partial charge in [0.05, 0.1) is 12.2 Å². The highest BCUT2D eigenvalue weighted by Crippen LogP contribution is 2.48. The highest BCUT2D eigenvalue weighted by molar-refractivity contribution is 5.68. The minimum atomic E-state index is -0.972. The lowest BCUT2D eigenvalue weighted by Gasteiger charge is -2.32. The Labute approximate surface area is 167 Å². The van der Waals surface area contributed by atoms with Gasteiger partial charge in [0.1, 0.15) is 5.75 Å². The van der Waals surface area contributed by atoms with Crippen LogP contribution in [0.4, 0.5) is 0 Å². The van der Waals surface area contributed by atoms with Crippen LogP contribution in [0, 0.1) is 17.8 Å². The van der Waals surface area contributed by atoms with Crippen LogP contribution in [-0.4, -0.2) is 40.1 Å². The second-order valence-corrected chi connectivity index (χ2v) is 8.60. The second-order valence-electron chi connectivity index (χ2n) is 8.60. The van der Waals surface area contributed by atoms with Crippen LogP contribution in [0.1, 0.15) is 63.0 Å². The van der Waals surface area contributed by atoms with Crippen molar-refractivity contribution in [2.45, 2.75) is 76.9 Å². The minimum absolute atomic E-state index is 0.238. The van der Waals surface area contributed by atoms with Gasteiger partial charge in [0.25, 0.3) is 0 Å². The van der Waals surface area contributed by atoms with E-state index in [0.717, 1.165) is 63.4 Å². The Morgan fingerprint density at radius 2 is 2.07 bits per heavy atom. The van der Waals surface area contributed by atoms with Gasteiger partial charge in [-0.2, -0.15) is 0 Å². The molecular weight excluding hydrogens is 356 g/mol. The van der Waals surface area contributed by atoms with E-state index in [1.54, 1.807) is 0 Å². The standard InChI is InChI=1S/C23H34O5/c1-2-3-4-7-17(24)9-10-18-19-11-15-6-5-8-22(28-14-23(26)27)20(15)12-16(19)13-21(18)25/h5-6,8,16-19,21,24-25H,2-4,7,9-14H2,1H3,(H,26,27)/t16?,17-,18?,19?,21?/m1/s1. The predicted molar refractivity (Wildman–Crippen MR) is 107 cm³/mol. The van der Waals surface area contributed by atoms with Crippen molar-refractivity contribution in [3.63, 3.8) is 0 Å². The molecule has 5 heteroatoms. The molecule has 0 bridgehead atoms. The second kappa shape index (κ2) is 9.75. The number of unbranched alkanes of at least 4 members (excludes halogenated alkanes) is 2. The number of carboxylic acids is 1. The molecule has 2 aliphatic rings. The fraction of sp³-hybridized carbons (Fsp3) is 0.696. The molecule has 3 rings (SSSR count). The quantitative estimate of drug-likeness (QED) is 0.532. The number of fused-ring (bicyclic) bond motifs is 2. The van der Waals surface area contributed by atoms with Gasteiger partial charge >= 0.3 is 5.97 Å². The molecule has 5 nitrogen and oxygen atoms in total. The maximum Gasteiger partial charge on any atom is 0.341 e. The van der Waals surface area contributed by atoms with E-state index in [1.807, 2.05) is 12.1 Å². The third-order valence-electron chi connectivity index (χ3n) is 6.67. The van der Waals surface area contributed by atoms with Gasteiger partial charge in [-0.05, 0) is 73.5 Å². The third kappa shape index (κ3) is 5.06. The molecule has 1 aromatic rings. The number of ether oxygens (including phenoxy) is 1. The number of aliphatic hydroxyl groups is 2. The monoisotopic (exact) mass is 390 g/mol. The highest BCUT2D eigenvalue weighted by atomic mass is 16.5. The topological polar surface area (TPSA) is 87.0 Å². The minimum Gasteiger partial charge on any atom is -0.482 e. The van der Waals surface area contributed by atoms with E-state index in [2.05, 4.69) is 13.0 Å². The molecule has 0 aliphatic heterocycles. The largest absolute Gasteiger partial charge is 0.482 e. The molecule has 1 aromatic carbocycles. The average molecular weight is 391 g/mol. The summed E-state index contributed by atoms with van der Waals surface area (Å²) in [7, 11) is 0. The van der Waals surface area contributed by atoms with Gasteiger partial charge in [0.2, 0.25) is 0 Å². The molecule has 28 heavy (non-hydrogen) atoms. The zero-order valence-electron chi connectivity index (χ0n) is 16.8. The summed E-state index contributed by atoms with van der Waals surface area (Å²) in [6.45, 7) is 1.84. The normalized spacial score (nSPS) is 27.1. The first kappa shape index (κ1) is 21.1. The number of benzene rings is 1. The molecule has 0 saturated heterocycles. The lowest BCUT2D eigenvalue weighted by molar-refractivity contribution is -0.139. The number of hydrogen-bond donors (Lipinski definition) is 3. The molecular formula is C23H34O5.